The number of carbonyl (C=O) groups excluding carboxylic acids is 1. The van der Waals surface area contributed by atoms with Crippen LogP contribution in [0.4, 0.5) is 0 Å². The number of tetrazole rings is 1. The molecule has 0 fully saturated rings. The minimum Gasteiger partial charge on any atom is -0.268 e. The van der Waals surface area contributed by atoms with Gasteiger partial charge in [-0.2, -0.15) is 4.68 Å². The van der Waals surface area contributed by atoms with Gasteiger partial charge in [-0.05, 0) is 40.3 Å². The maximum atomic E-state index is 13.3. The number of amides is 1. The standard InChI is InChI=1S/C21H15N5O3S2/c27-19-17-13-7-8-14-18(17)31(28,29)26(19)20(15-9-3-1-4-10-15)30-21-22-23-24-25(21)16-11-5-2-6-12-16/h1-14,20H. The number of carbonyl (C=O) groups is 1. The molecule has 3 aromatic carbocycles. The van der Waals surface area contributed by atoms with Crippen molar-refractivity contribution in [2.24, 2.45) is 0 Å². The van der Waals surface area contributed by atoms with Crippen molar-refractivity contribution in [1.82, 2.24) is 24.5 Å². The number of nitrogens with zero attached hydrogens (tertiary/aromatic N) is 5. The Morgan fingerprint density at radius 3 is 2.19 bits per heavy atom. The molecule has 154 valence electrons. The normalized spacial score (nSPS) is 15.6. The molecule has 0 aliphatic carbocycles. The summed E-state index contributed by atoms with van der Waals surface area (Å²) in [7, 11) is -4.04. The molecule has 4 aromatic rings. The van der Waals surface area contributed by atoms with Gasteiger partial charge in [0.05, 0.1) is 11.3 Å². The number of benzene rings is 3. The van der Waals surface area contributed by atoms with Crippen molar-refractivity contribution in [3.63, 3.8) is 0 Å². The molecule has 5 rings (SSSR count). The Bertz CT molecular complexity index is 1360. The highest BCUT2D eigenvalue weighted by Crippen LogP contribution is 2.44. The van der Waals surface area contributed by atoms with E-state index >= 15 is 0 Å². The molecule has 1 atom stereocenters. The fraction of sp³-hybridized carbons (Fsp3) is 0.0476. The van der Waals surface area contributed by atoms with Crippen LogP contribution in [0.3, 0.4) is 0 Å². The first-order valence-corrected chi connectivity index (χ1v) is 11.6. The van der Waals surface area contributed by atoms with Crippen molar-refractivity contribution in [3.8, 4) is 5.69 Å². The number of sulfonamides is 1. The van der Waals surface area contributed by atoms with Gasteiger partial charge in [-0.1, -0.05) is 72.4 Å². The highest BCUT2D eigenvalue weighted by atomic mass is 32.2. The third-order valence-corrected chi connectivity index (χ3v) is 7.92. The molecule has 10 heteroatoms. The molecule has 0 saturated heterocycles. The van der Waals surface area contributed by atoms with Crippen molar-refractivity contribution in [2.75, 3.05) is 0 Å². The molecule has 0 N–H and O–H groups in total. The smallest absolute Gasteiger partial charge is 0.268 e. The molecule has 8 nitrogen and oxygen atoms in total. The lowest BCUT2D eigenvalue weighted by Crippen LogP contribution is -2.33. The molecule has 1 aliphatic heterocycles. The average molecular weight is 450 g/mol. The fourth-order valence-electron chi connectivity index (χ4n) is 3.39. The number of hydrogen-bond donors (Lipinski definition) is 0. The maximum Gasteiger partial charge on any atom is 0.270 e. The van der Waals surface area contributed by atoms with Crippen LogP contribution < -0.4 is 0 Å². The Labute approximate surface area is 182 Å². The first kappa shape index (κ1) is 19.5. The Hall–Kier alpha value is -3.50. The summed E-state index contributed by atoms with van der Waals surface area (Å²) in [6, 6.07) is 24.5. The summed E-state index contributed by atoms with van der Waals surface area (Å²) >= 11 is 1.10. The van der Waals surface area contributed by atoms with E-state index in [1.807, 2.05) is 36.4 Å². The average Bonchev–Trinajstić information content (AvgIpc) is 3.34. The maximum absolute atomic E-state index is 13.3. The van der Waals surface area contributed by atoms with Crippen LogP contribution in [0.1, 0.15) is 21.3 Å². The summed E-state index contributed by atoms with van der Waals surface area (Å²) in [6.45, 7) is 0. The zero-order valence-corrected chi connectivity index (χ0v) is 17.6. The van der Waals surface area contributed by atoms with Gasteiger partial charge in [-0.3, -0.25) is 4.79 Å². The highest BCUT2D eigenvalue weighted by molar-refractivity contribution is 8.00. The molecule has 2 heterocycles. The Morgan fingerprint density at radius 2 is 1.48 bits per heavy atom. The van der Waals surface area contributed by atoms with E-state index in [0.29, 0.717) is 10.7 Å². The van der Waals surface area contributed by atoms with Gasteiger partial charge in [-0.15, -0.1) is 5.10 Å². The molecular formula is C21H15N5O3S2. The second-order valence-corrected chi connectivity index (χ2v) is 9.52. The predicted molar refractivity (Wildman–Crippen MR) is 114 cm³/mol. The van der Waals surface area contributed by atoms with Crippen LogP contribution in [-0.4, -0.2) is 38.8 Å². The van der Waals surface area contributed by atoms with Crippen LogP contribution in [-0.2, 0) is 10.0 Å². The molecule has 31 heavy (non-hydrogen) atoms. The van der Waals surface area contributed by atoms with Gasteiger partial charge >= 0.3 is 0 Å². The summed E-state index contributed by atoms with van der Waals surface area (Å²) in [4.78, 5) is 13.2. The summed E-state index contributed by atoms with van der Waals surface area (Å²) in [5, 5.41) is 11.3. The molecular weight excluding hydrogens is 434 g/mol. The Kier molecular flexibility index (Phi) is 4.79. The minimum atomic E-state index is -4.04. The van der Waals surface area contributed by atoms with E-state index in [0.717, 1.165) is 21.8 Å². The molecule has 1 aromatic heterocycles. The van der Waals surface area contributed by atoms with Gasteiger partial charge in [0.2, 0.25) is 5.16 Å². The Balaban J connectivity index is 1.62. The Morgan fingerprint density at radius 1 is 0.839 bits per heavy atom. The van der Waals surface area contributed by atoms with E-state index in [2.05, 4.69) is 15.5 Å². The first-order chi connectivity index (χ1) is 15.1. The monoisotopic (exact) mass is 449 g/mol. The topological polar surface area (TPSA) is 98.1 Å². The number of fused-ring (bicyclic) bond motifs is 1. The SMILES string of the molecule is O=C1c2ccccc2S(=O)(=O)N1C(Sc1nnnn1-c1ccccc1)c1ccccc1. The lowest BCUT2D eigenvalue weighted by atomic mass is 10.2. The van der Waals surface area contributed by atoms with E-state index < -0.39 is 21.3 Å². The van der Waals surface area contributed by atoms with Gasteiger partial charge in [0.1, 0.15) is 10.3 Å². The van der Waals surface area contributed by atoms with Crippen molar-refractivity contribution >= 4 is 27.7 Å². The minimum absolute atomic E-state index is 0.00387. The van der Waals surface area contributed by atoms with Crippen LogP contribution in [0.25, 0.3) is 5.69 Å². The first-order valence-electron chi connectivity index (χ1n) is 9.30. The summed E-state index contributed by atoms with van der Waals surface area (Å²) in [5.74, 6) is -0.573. The van der Waals surface area contributed by atoms with Gasteiger partial charge in [0.25, 0.3) is 15.9 Å². The zero-order chi connectivity index (χ0) is 21.4. The fourth-order valence-corrected chi connectivity index (χ4v) is 6.45. The van der Waals surface area contributed by atoms with Crippen LogP contribution in [0.5, 0.6) is 0 Å². The van der Waals surface area contributed by atoms with E-state index in [1.165, 1.54) is 16.8 Å². The second kappa shape index (κ2) is 7.64. The van der Waals surface area contributed by atoms with Crippen molar-refractivity contribution in [3.05, 3.63) is 96.1 Å². The number of para-hydroxylation sites is 1. The van der Waals surface area contributed by atoms with E-state index in [-0.39, 0.29) is 10.5 Å². The third-order valence-electron chi connectivity index (χ3n) is 4.81. The van der Waals surface area contributed by atoms with Crippen molar-refractivity contribution < 1.29 is 13.2 Å². The van der Waals surface area contributed by atoms with Crippen LogP contribution in [0, 0.1) is 0 Å². The third kappa shape index (κ3) is 3.29. The van der Waals surface area contributed by atoms with Gasteiger partial charge in [0.15, 0.2) is 0 Å². The lowest BCUT2D eigenvalue weighted by molar-refractivity contribution is 0.0862. The van der Waals surface area contributed by atoms with Crippen molar-refractivity contribution in [1.29, 1.82) is 0 Å². The summed E-state index contributed by atoms with van der Waals surface area (Å²) in [6.07, 6.45) is 0. The molecule has 1 amide bonds. The van der Waals surface area contributed by atoms with Gasteiger partial charge in [0, 0.05) is 0 Å². The quantitative estimate of drug-likeness (QED) is 0.431. The van der Waals surface area contributed by atoms with Crippen LogP contribution in [0.2, 0.25) is 0 Å². The number of thioether (sulfide) groups is 1. The largest absolute Gasteiger partial charge is 0.270 e. The lowest BCUT2D eigenvalue weighted by Gasteiger charge is -2.26. The summed E-state index contributed by atoms with van der Waals surface area (Å²) < 4.78 is 29.1. The molecule has 1 aliphatic rings. The number of rotatable bonds is 5. The van der Waals surface area contributed by atoms with Gasteiger partial charge in [-0.25, -0.2) is 12.7 Å². The van der Waals surface area contributed by atoms with E-state index in [4.69, 9.17) is 0 Å². The number of aromatic nitrogens is 4. The van der Waals surface area contributed by atoms with E-state index in [1.54, 1.807) is 36.4 Å². The molecule has 0 saturated carbocycles. The van der Waals surface area contributed by atoms with Crippen LogP contribution >= 0.6 is 11.8 Å². The predicted octanol–water partition coefficient (Wildman–Crippen LogP) is 3.30. The molecule has 0 bridgehead atoms. The van der Waals surface area contributed by atoms with Crippen LogP contribution in [0.15, 0.2) is 95.0 Å². The second-order valence-electron chi connectivity index (χ2n) is 6.69. The zero-order valence-electron chi connectivity index (χ0n) is 15.9. The summed E-state index contributed by atoms with van der Waals surface area (Å²) in [5.41, 5.74) is 1.52. The molecule has 0 radical (unpaired) electrons. The van der Waals surface area contributed by atoms with E-state index in [9.17, 15) is 13.2 Å². The molecule has 1 unspecified atom stereocenters. The molecule has 0 spiro atoms. The highest BCUT2D eigenvalue weighted by Gasteiger charge is 2.46. The number of hydrogen-bond acceptors (Lipinski definition) is 7. The van der Waals surface area contributed by atoms with Crippen molar-refractivity contribution in [2.45, 2.75) is 15.4 Å². The van der Waals surface area contributed by atoms with Gasteiger partial charge < -0.3 is 0 Å².